The van der Waals surface area contributed by atoms with Crippen molar-refractivity contribution < 1.29 is 4.74 Å². The fraction of sp³-hybridized carbons (Fsp3) is 0.429. The molecule has 0 aromatic rings. The van der Waals surface area contributed by atoms with Crippen LogP contribution in [0.1, 0.15) is 6.92 Å². The van der Waals surface area contributed by atoms with Gasteiger partial charge in [-0.3, -0.25) is 0 Å². The van der Waals surface area contributed by atoms with Gasteiger partial charge in [0.15, 0.2) is 0 Å². The average molecular weight is 110 g/mol. The van der Waals surface area contributed by atoms with Crippen LogP contribution < -0.4 is 0 Å². The second kappa shape index (κ2) is 6.26. The fourth-order valence-electron chi connectivity index (χ4n) is 0.267. The molecule has 0 bridgehead atoms. The predicted molar refractivity (Wildman–Crippen MR) is 34.5 cm³/mol. The van der Waals surface area contributed by atoms with Crippen molar-refractivity contribution in [3.05, 3.63) is 12.7 Å². The van der Waals surface area contributed by atoms with Crippen molar-refractivity contribution >= 4 is 0 Å². The second-order valence-corrected chi connectivity index (χ2v) is 1.16. The smallest absolute Gasteiger partial charge is 0.108 e. The van der Waals surface area contributed by atoms with Gasteiger partial charge >= 0.3 is 0 Å². The molecule has 0 aliphatic rings. The lowest BCUT2D eigenvalue weighted by Crippen LogP contribution is -1.87. The van der Waals surface area contributed by atoms with E-state index in [-0.39, 0.29) is 0 Å². The molecular weight excluding hydrogens is 100 g/mol. The van der Waals surface area contributed by atoms with E-state index in [0.717, 1.165) is 6.61 Å². The summed E-state index contributed by atoms with van der Waals surface area (Å²) in [6.45, 7) is 6.61. The fourth-order valence-corrected chi connectivity index (χ4v) is 0.267. The van der Waals surface area contributed by atoms with Crippen molar-refractivity contribution in [3.8, 4) is 11.8 Å². The number of rotatable bonds is 2. The zero-order valence-electron chi connectivity index (χ0n) is 5.11. The Morgan fingerprint density at radius 1 is 1.75 bits per heavy atom. The van der Waals surface area contributed by atoms with Gasteiger partial charge in [-0.25, -0.2) is 0 Å². The largest absolute Gasteiger partial charge is 0.369 e. The van der Waals surface area contributed by atoms with Gasteiger partial charge in [-0.1, -0.05) is 18.4 Å². The van der Waals surface area contributed by atoms with Crippen LogP contribution in [0.15, 0.2) is 12.7 Å². The molecular formula is C7H10O. The number of ether oxygens (including phenoxy) is 1. The van der Waals surface area contributed by atoms with E-state index < -0.39 is 0 Å². The molecule has 0 spiro atoms. The molecule has 0 saturated carbocycles. The average Bonchev–Trinajstić information content (AvgIpc) is 1.81. The van der Waals surface area contributed by atoms with Crippen LogP contribution in [-0.2, 0) is 4.74 Å². The molecule has 0 atom stereocenters. The van der Waals surface area contributed by atoms with Gasteiger partial charge in [0.25, 0.3) is 0 Å². The van der Waals surface area contributed by atoms with E-state index in [9.17, 15) is 0 Å². The molecule has 0 rings (SSSR count). The Morgan fingerprint density at radius 2 is 2.50 bits per heavy atom. The van der Waals surface area contributed by atoms with Gasteiger partial charge in [-0.2, -0.15) is 0 Å². The summed E-state index contributed by atoms with van der Waals surface area (Å²) >= 11 is 0. The summed E-state index contributed by atoms with van der Waals surface area (Å²) in [5.74, 6) is 5.42. The molecule has 0 radical (unpaired) electrons. The Kier molecular flexibility index (Phi) is 5.68. The molecule has 0 N–H and O–H groups in total. The molecule has 0 saturated heterocycles. The lowest BCUT2D eigenvalue weighted by atomic mass is 10.6. The number of hydrogen-bond donors (Lipinski definition) is 0. The topological polar surface area (TPSA) is 9.23 Å². The van der Waals surface area contributed by atoms with Crippen LogP contribution in [0.4, 0.5) is 0 Å². The molecule has 44 valence electrons. The first-order chi connectivity index (χ1) is 3.91. The molecule has 0 aliphatic heterocycles. The highest BCUT2D eigenvalue weighted by Gasteiger charge is 1.69. The SMILES string of the molecule is C=CC#CCOCC. The third kappa shape index (κ3) is 5.26. The Hall–Kier alpha value is -0.740. The summed E-state index contributed by atoms with van der Waals surface area (Å²) in [5, 5.41) is 0. The zero-order valence-corrected chi connectivity index (χ0v) is 5.11. The van der Waals surface area contributed by atoms with E-state index >= 15 is 0 Å². The Bertz CT molecular complexity index is 105. The highest BCUT2D eigenvalue weighted by atomic mass is 16.5. The summed E-state index contributed by atoms with van der Waals surface area (Å²) in [4.78, 5) is 0. The summed E-state index contributed by atoms with van der Waals surface area (Å²) in [6.07, 6.45) is 1.55. The third-order valence-electron chi connectivity index (χ3n) is 0.582. The minimum Gasteiger partial charge on any atom is -0.369 e. The first kappa shape index (κ1) is 7.26. The Morgan fingerprint density at radius 3 is 3.00 bits per heavy atom. The van der Waals surface area contributed by atoms with Crippen LogP contribution in [0.5, 0.6) is 0 Å². The maximum atomic E-state index is 4.91. The molecule has 0 aromatic carbocycles. The molecule has 1 nitrogen and oxygen atoms in total. The first-order valence-electron chi connectivity index (χ1n) is 2.58. The normalized spacial score (nSPS) is 7.12. The Labute approximate surface area is 50.4 Å². The second-order valence-electron chi connectivity index (χ2n) is 1.16. The van der Waals surface area contributed by atoms with Crippen molar-refractivity contribution in [1.82, 2.24) is 0 Å². The van der Waals surface area contributed by atoms with Crippen LogP contribution in [0.2, 0.25) is 0 Å². The van der Waals surface area contributed by atoms with Crippen LogP contribution in [-0.4, -0.2) is 13.2 Å². The van der Waals surface area contributed by atoms with Gasteiger partial charge in [0.05, 0.1) is 0 Å². The first-order valence-corrected chi connectivity index (χ1v) is 2.58. The minimum absolute atomic E-state index is 0.516. The van der Waals surface area contributed by atoms with Gasteiger partial charge in [0.1, 0.15) is 6.61 Å². The van der Waals surface area contributed by atoms with E-state index in [1.165, 1.54) is 0 Å². The summed E-state index contributed by atoms with van der Waals surface area (Å²) < 4.78 is 4.91. The van der Waals surface area contributed by atoms with Gasteiger partial charge in [-0.15, -0.1) is 0 Å². The van der Waals surface area contributed by atoms with Crippen molar-refractivity contribution in [2.45, 2.75) is 6.92 Å². The van der Waals surface area contributed by atoms with E-state index in [2.05, 4.69) is 18.4 Å². The van der Waals surface area contributed by atoms with Gasteiger partial charge in [0.2, 0.25) is 0 Å². The predicted octanol–water partition coefficient (Wildman–Crippen LogP) is 1.21. The molecule has 1 heteroatoms. The molecule has 0 aromatic heterocycles. The summed E-state index contributed by atoms with van der Waals surface area (Å²) in [5.41, 5.74) is 0. The molecule has 0 heterocycles. The summed E-state index contributed by atoms with van der Waals surface area (Å²) in [6, 6.07) is 0. The number of allylic oxidation sites excluding steroid dienone is 1. The van der Waals surface area contributed by atoms with Gasteiger partial charge in [0, 0.05) is 6.61 Å². The molecule has 0 fully saturated rings. The minimum atomic E-state index is 0.516. The van der Waals surface area contributed by atoms with E-state index in [4.69, 9.17) is 4.74 Å². The van der Waals surface area contributed by atoms with Crippen LogP contribution in [0.25, 0.3) is 0 Å². The molecule has 0 unspecified atom stereocenters. The molecule has 0 aliphatic carbocycles. The Balaban J connectivity index is 3.02. The van der Waals surface area contributed by atoms with Crippen LogP contribution in [0, 0.1) is 11.8 Å². The van der Waals surface area contributed by atoms with Crippen molar-refractivity contribution in [3.63, 3.8) is 0 Å². The molecule has 0 amide bonds. The zero-order chi connectivity index (χ0) is 6.24. The maximum Gasteiger partial charge on any atom is 0.108 e. The monoisotopic (exact) mass is 110 g/mol. The lowest BCUT2D eigenvalue weighted by Gasteiger charge is -1.87. The van der Waals surface area contributed by atoms with E-state index in [0.29, 0.717) is 6.61 Å². The maximum absolute atomic E-state index is 4.91. The standard InChI is InChI=1S/C7H10O/c1-3-5-6-7-8-4-2/h3H,1,4,7H2,2H3. The van der Waals surface area contributed by atoms with Gasteiger partial charge in [-0.05, 0) is 13.0 Å². The molecule has 8 heavy (non-hydrogen) atoms. The quantitative estimate of drug-likeness (QED) is 0.383. The van der Waals surface area contributed by atoms with Crippen LogP contribution >= 0.6 is 0 Å². The summed E-state index contributed by atoms with van der Waals surface area (Å²) in [7, 11) is 0. The van der Waals surface area contributed by atoms with Crippen molar-refractivity contribution in [2.75, 3.05) is 13.2 Å². The highest BCUT2D eigenvalue weighted by molar-refractivity contribution is 5.12. The third-order valence-corrected chi connectivity index (χ3v) is 0.582. The van der Waals surface area contributed by atoms with E-state index in [1.807, 2.05) is 6.92 Å². The van der Waals surface area contributed by atoms with Crippen molar-refractivity contribution in [2.24, 2.45) is 0 Å². The van der Waals surface area contributed by atoms with Crippen molar-refractivity contribution in [1.29, 1.82) is 0 Å². The van der Waals surface area contributed by atoms with Gasteiger partial charge < -0.3 is 4.74 Å². The lowest BCUT2D eigenvalue weighted by molar-refractivity contribution is 0.182. The number of hydrogen-bond acceptors (Lipinski definition) is 1. The van der Waals surface area contributed by atoms with E-state index in [1.54, 1.807) is 6.08 Å². The highest BCUT2D eigenvalue weighted by Crippen LogP contribution is 1.68. The van der Waals surface area contributed by atoms with Crippen LogP contribution in [0.3, 0.4) is 0 Å².